The van der Waals surface area contributed by atoms with Crippen LogP contribution in [-0.4, -0.2) is 24.0 Å². The largest absolute Gasteiger partial charge is 0.468 e. The summed E-state index contributed by atoms with van der Waals surface area (Å²) in [7, 11) is 0. The molecule has 2 fully saturated rings. The molecule has 0 atom stereocenters. The number of likely N-dealkylation sites (tertiary alicyclic amines) is 1. The number of hydrogen-bond donors (Lipinski definition) is 1. The van der Waals surface area contributed by atoms with E-state index in [0.717, 1.165) is 30.8 Å². The van der Waals surface area contributed by atoms with Crippen molar-refractivity contribution in [1.29, 1.82) is 0 Å². The number of nitrogens with zero attached hydrogens (tertiary/aromatic N) is 1. The smallest absolute Gasteiger partial charge is 0.118 e. The Labute approximate surface area is 122 Å². The third-order valence-electron chi connectivity index (χ3n) is 4.66. The Balaban J connectivity index is 1.41. The molecule has 2 aliphatic rings. The topological polar surface area (TPSA) is 28.4 Å². The number of furan rings is 1. The molecule has 1 aliphatic carbocycles. The SMILES string of the molecule is CCCC1CCN(Cc2cc(CNC3CC3)co2)CC1. The van der Waals surface area contributed by atoms with Crippen LogP contribution in [0.5, 0.6) is 0 Å². The minimum absolute atomic E-state index is 0.769. The Morgan fingerprint density at radius 3 is 2.75 bits per heavy atom. The maximum atomic E-state index is 5.71. The molecule has 1 N–H and O–H groups in total. The van der Waals surface area contributed by atoms with Crippen LogP contribution in [0.3, 0.4) is 0 Å². The average Bonchev–Trinajstić information content (AvgIpc) is 3.19. The van der Waals surface area contributed by atoms with Crippen LogP contribution < -0.4 is 5.32 Å². The second kappa shape index (κ2) is 6.77. The normalized spacial score (nSPS) is 21.4. The summed E-state index contributed by atoms with van der Waals surface area (Å²) in [5.41, 5.74) is 1.30. The van der Waals surface area contributed by atoms with E-state index in [-0.39, 0.29) is 0 Å². The van der Waals surface area contributed by atoms with Crippen molar-refractivity contribution in [3.8, 4) is 0 Å². The van der Waals surface area contributed by atoms with E-state index in [0.29, 0.717) is 0 Å². The summed E-state index contributed by atoms with van der Waals surface area (Å²) < 4.78 is 5.71. The molecular formula is C17H28N2O. The molecule has 0 aromatic carbocycles. The molecular weight excluding hydrogens is 248 g/mol. The first-order valence-electron chi connectivity index (χ1n) is 8.35. The molecule has 0 spiro atoms. The Bertz CT molecular complexity index is 403. The van der Waals surface area contributed by atoms with E-state index < -0.39 is 0 Å². The lowest BCUT2D eigenvalue weighted by Gasteiger charge is -2.31. The van der Waals surface area contributed by atoms with Gasteiger partial charge in [0.2, 0.25) is 0 Å². The van der Waals surface area contributed by atoms with Crippen LogP contribution in [0.25, 0.3) is 0 Å². The van der Waals surface area contributed by atoms with Crippen molar-refractivity contribution in [1.82, 2.24) is 10.2 Å². The van der Waals surface area contributed by atoms with Crippen LogP contribution in [0.4, 0.5) is 0 Å². The molecule has 20 heavy (non-hydrogen) atoms. The number of nitrogens with one attached hydrogen (secondary N) is 1. The van der Waals surface area contributed by atoms with Crippen LogP contribution in [0.2, 0.25) is 0 Å². The molecule has 0 unspecified atom stereocenters. The molecule has 3 rings (SSSR count). The van der Waals surface area contributed by atoms with Gasteiger partial charge in [0.1, 0.15) is 5.76 Å². The standard InChI is InChI=1S/C17H28N2O/c1-2-3-14-6-8-19(9-7-14)12-17-10-15(13-20-17)11-18-16-4-5-16/h10,13-14,16,18H,2-9,11-12H2,1H3. The summed E-state index contributed by atoms with van der Waals surface area (Å²) >= 11 is 0. The van der Waals surface area contributed by atoms with E-state index in [1.54, 1.807) is 0 Å². The fourth-order valence-electron chi connectivity index (χ4n) is 3.21. The van der Waals surface area contributed by atoms with Crippen molar-refractivity contribution in [2.75, 3.05) is 13.1 Å². The molecule has 1 saturated heterocycles. The predicted octanol–water partition coefficient (Wildman–Crippen LogP) is 3.54. The van der Waals surface area contributed by atoms with Gasteiger partial charge in [-0.1, -0.05) is 19.8 Å². The minimum Gasteiger partial charge on any atom is -0.468 e. The first-order valence-corrected chi connectivity index (χ1v) is 8.35. The summed E-state index contributed by atoms with van der Waals surface area (Å²) in [6.45, 7) is 6.73. The van der Waals surface area contributed by atoms with Crippen molar-refractivity contribution >= 4 is 0 Å². The first kappa shape index (κ1) is 14.2. The molecule has 3 heteroatoms. The molecule has 3 nitrogen and oxygen atoms in total. The number of hydrogen-bond acceptors (Lipinski definition) is 3. The highest BCUT2D eigenvalue weighted by atomic mass is 16.3. The Morgan fingerprint density at radius 2 is 2.05 bits per heavy atom. The monoisotopic (exact) mass is 276 g/mol. The fourth-order valence-corrected chi connectivity index (χ4v) is 3.21. The molecule has 1 aromatic rings. The molecule has 0 amide bonds. The van der Waals surface area contributed by atoms with E-state index in [1.807, 2.05) is 6.26 Å². The van der Waals surface area contributed by atoms with Crippen LogP contribution in [0.15, 0.2) is 16.7 Å². The van der Waals surface area contributed by atoms with E-state index in [9.17, 15) is 0 Å². The first-order chi connectivity index (χ1) is 9.83. The maximum Gasteiger partial charge on any atom is 0.118 e. The lowest BCUT2D eigenvalue weighted by Crippen LogP contribution is -2.33. The molecule has 112 valence electrons. The number of piperidine rings is 1. The highest BCUT2D eigenvalue weighted by molar-refractivity contribution is 5.13. The minimum atomic E-state index is 0.769. The van der Waals surface area contributed by atoms with Crippen molar-refractivity contribution in [3.05, 3.63) is 23.7 Å². The average molecular weight is 276 g/mol. The van der Waals surface area contributed by atoms with Gasteiger partial charge in [-0.25, -0.2) is 0 Å². The lowest BCUT2D eigenvalue weighted by atomic mass is 9.92. The second-order valence-electron chi connectivity index (χ2n) is 6.58. The van der Waals surface area contributed by atoms with Gasteiger partial charge in [0.15, 0.2) is 0 Å². The van der Waals surface area contributed by atoms with Crippen molar-refractivity contribution < 1.29 is 4.42 Å². The molecule has 2 heterocycles. The Morgan fingerprint density at radius 1 is 1.25 bits per heavy atom. The Kier molecular flexibility index (Phi) is 4.79. The third kappa shape index (κ3) is 4.10. The van der Waals surface area contributed by atoms with Crippen LogP contribution in [-0.2, 0) is 13.1 Å². The molecule has 1 aliphatic heterocycles. The predicted molar refractivity (Wildman–Crippen MR) is 81.5 cm³/mol. The third-order valence-corrected chi connectivity index (χ3v) is 4.66. The van der Waals surface area contributed by atoms with Crippen molar-refractivity contribution in [2.45, 2.75) is 64.6 Å². The van der Waals surface area contributed by atoms with Gasteiger partial charge in [-0.05, 0) is 50.8 Å². The summed E-state index contributed by atoms with van der Waals surface area (Å²) in [5.74, 6) is 2.10. The zero-order valence-corrected chi connectivity index (χ0v) is 12.7. The molecule has 1 saturated carbocycles. The van der Waals surface area contributed by atoms with E-state index in [2.05, 4.69) is 23.2 Å². The molecule has 0 bridgehead atoms. The van der Waals surface area contributed by atoms with Crippen LogP contribution in [0.1, 0.15) is 56.8 Å². The lowest BCUT2D eigenvalue weighted by molar-refractivity contribution is 0.161. The van der Waals surface area contributed by atoms with E-state index >= 15 is 0 Å². The van der Waals surface area contributed by atoms with Crippen molar-refractivity contribution in [2.24, 2.45) is 5.92 Å². The molecule has 1 aromatic heterocycles. The second-order valence-corrected chi connectivity index (χ2v) is 6.58. The van der Waals surface area contributed by atoms with Crippen molar-refractivity contribution in [3.63, 3.8) is 0 Å². The number of rotatable bonds is 7. The summed E-state index contributed by atoms with van der Waals surface area (Å²) in [6, 6.07) is 3.00. The van der Waals surface area contributed by atoms with Gasteiger partial charge in [-0.2, -0.15) is 0 Å². The summed E-state index contributed by atoms with van der Waals surface area (Å²) in [5, 5.41) is 3.54. The molecule has 0 radical (unpaired) electrons. The fraction of sp³-hybridized carbons (Fsp3) is 0.765. The maximum absolute atomic E-state index is 5.71. The zero-order chi connectivity index (χ0) is 13.8. The van der Waals surface area contributed by atoms with Gasteiger partial charge in [0.25, 0.3) is 0 Å². The highest BCUT2D eigenvalue weighted by Crippen LogP contribution is 2.23. The summed E-state index contributed by atoms with van der Waals surface area (Å²) in [6.07, 6.45) is 10.1. The van der Waals surface area contributed by atoms with Gasteiger partial charge < -0.3 is 9.73 Å². The van der Waals surface area contributed by atoms with E-state index in [1.165, 1.54) is 57.2 Å². The van der Waals surface area contributed by atoms with Crippen LogP contribution in [0, 0.1) is 5.92 Å². The van der Waals surface area contributed by atoms with Gasteiger partial charge in [-0.3, -0.25) is 4.90 Å². The highest BCUT2D eigenvalue weighted by Gasteiger charge is 2.21. The zero-order valence-electron chi connectivity index (χ0n) is 12.7. The van der Waals surface area contributed by atoms with E-state index in [4.69, 9.17) is 4.42 Å². The summed E-state index contributed by atoms with van der Waals surface area (Å²) in [4.78, 5) is 2.54. The Hall–Kier alpha value is -0.800. The van der Waals surface area contributed by atoms with Gasteiger partial charge in [0, 0.05) is 18.2 Å². The van der Waals surface area contributed by atoms with Gasteiger partial charge in [-0.15, -0.1) is 0 Å². The quantitative estimate of drug-likeness (QED) is 0.825. The van der Waals surface area contributed by atoms with Gasteiger partial charge >= 0.3 is 0 Å². The van der Waals surface area contributed by atoms with Gasteiger partial charge in [0.05, 0.1) is 12.8 Å². The van der Waals surface area contributed by atoms with Crippen LogP contribution >= 0.6 is 0 Å².